The summed E-state index contributed by atoms with van der Waals surface area (Å²) in [6, 6.07) is 8.22. The fraction of sp³-hybridized carbons (Fsp3) is 0.609. The number of hydrogen-bond acceptors (Lipinski definition) is 5. The van der Waals surface area contributed by atoms with Crippen molar-refractivity contribution in [2.24, 2.45) is 23.2 Å². The Hall–Kier alpha value is -1.82. The van der Waals surface area contributed by atoms with E-state index in [0.717, 1.165) is 28.9 Å². The minimum absolute atomic E-state index is 0.0635. The van der Waals surface area contributed by atoms with Crippen LogP contribution in [0.3, 0.4) is 0 Å². The summed E-state index contributed by atoms with van der Waals surface area (Å²) in [7, 11) is 0. The fourth-order valence-electron chi connectivity index (χ4n) is 6.43. The van der Waals surface area contributed by atoms with Crippen LogP contribution < -0.4 is 5.32 Å². The first-order chi connectivity index (χ1) is 14.0. The molecule has 154 valence electrons. The number of aryl methyl sites for hydroxylation is 1. The third kappa shape index (κ3) is 3.83. The number of benzene rings is 1. The van der Waals surface area contributed by atoms with Gasteiger partial charge in [-0.2, -0.15) is 0 Å². The van der Waals surface area contributed by atoms with Crippen molar-refractivity contribution in [3.63, 3.8) is 0 Å². The second kappa shape index (κ2) is 7.46. The molecule has 4 saturated carbocycles. The lowest BCUT2D eigenvalue weighted by Gasteiger charge is -2.59. The summed E-state index contributed by atoms with van der Waals surface area (Å²) < 4.78 is 5.74. The van der Waals surface area contributed by atoms with Crippen molar-refractivity contribution in [2.75, 3.05) is 5.75 Å². The molecule has 1 aromatic carbocycles. The Morgan fingerprint density at radius 1 is 1.21 bits per heavy atom. The average Bonchev–Trinajstić information content (AvgIpc) is 3.14. The van der Waals surface area contributed by atoms with Gasteiger partial charge in [-0.1, -0.05) is 29.5 Å². The smallest absolute Gasteiger partial charge is 0.277 e. The van der Waals surface area contributed by atoms with E-state index in [2.05, 4.69) is 22.4 Å². The number of hydrogen-bond donors (Lipinski definition) is 1. The van der Waals surface area contributed by atoms with Crippen LogP contribution in [0, 0.1) is 30.1 Å². The van der Waals surface area contributed by atoms with E-state index in [4.69, 9.17) is 4.42 Å². The van der Waals surface area contributed by atoms with Crippen molar-refractivity contribution in [3.8, 4) is 11.5 Å². The van der Waals surface area contributed by atoms with Gasteiger partial charge >= 0.3 is 0 Å². The molecule has 4 bridgehead atoms. The Labute approximate surface area is 176 Å². The fourth-order valence-corrected chi connectivity index (χ4v) is 7.01. The van der Waals surface area contributed by atoms with E-state index in [1.54, 1.807) is 0 Å². The Morgan fingerprint density at radius 2 is 1.90 bits per heavy atom. The highest BCUT2D eigenvalue weighted by Crippen LogP contribution is 2.61. The molecular weight excluding hydrogens is 382 g/mol. The average molecular weight is 412 g/mol. The number of carbonyl (C=O) groups is 1. The predicted octanol–water partition coefficient (Wildman–Crippen LogP) is 4.86. The zero-order chi connectivity index (χ0) is 20.0. The van der Waals surface area contributed by atoms with Crippen molar-refractivity contribution in [1.82, 2.24) is 15.5 Å². The maximum Gasteiger partial charge on any atom is 0.277 e. The number of thioether (sulfide) groups is 1. The van der Waals surface area contributed by atoms with Crippen molar-refractivity contribution in [3.05, 3.63) is 29.8 Å². The van der Waals surface area contributed by atoms with Gasteiger partial charge in [-0.05, 0) is 87.7 Å². The Morgan fingerprint density at radius 3 is 2.55 bits per heavy atom. The van der Waals surface area contributed by atoms with Crippen LogP contribution in [0.4, 0.5) is 0 Å². The van der Waals surface area contributed by atoms with E-state index >= 15 is 0 Å². The van der Waals surface area contributed by atoms with E-state index in [0.29, 0.717) is 22.3 Å². The molecule has 0 spiro atoms. The first-order valence-electron chi connectivity index (χ1n) is 10.8. The maximum atomic E-state index is 12.6. The van der Waals surface area contributed by atoms with Gasteiger partial charge in [0.15, 0.2) is 0 Å². The van der Waals surface area contributed by atoms with Gasteiger partial charge in [-0.3, -0.25) is 4.79 Å². The summed E-state index contributed by atoms with van der Waals surface area (Å²) >= 11 is 1.31. The molecule has 0 radical (unpaired) electrons. The highest BCUT2D eigenvalue weighted by molar-refractivity contribution is 7.99. The molecule has 4 fully saturated rings. The normalized spacial score (nSPS) is 31.0. The molecule has 2 aromatic rings. The molecule has 5 nitrogen and oxygen atoms in total. The standard InChI is InChI=1S/C23H29N3O2S/c1-14-4-3-5-19(6-14)21-25-26-22(28-21)29-13-20(27)24-15(2)23-10-16-7-17(11-23)9-18(8-16)12-23/h3-6,15-18H,7-13H2,1-2H3,(H,24,27)/t15-,16?,17?,18?,23?/m0/s1. The van der Waals surface area contributed by atoms with E-state index in [-0.39, 0.29) is 11.9 Å². The molecule has 29 heavy (non-hydrogen) atoms. The van der Waals surface area contributed by atoms with Crippen molar-refractivity contribution >= 4 is 17.7 Å². The first-order valence-corrected chi connectivity index (χ1v) is 11.8. The van der Waals surface area contributed by atoms with E-state index in [1.807, 2.05) is 31.2 Å². The largest absolute Gasteiger partial charge is 0.411 e. The van der Waals surface area contributed by atoms with Gasteiger partial charge in [0.2, 0.25) is 11.8 Å². The van der Waals surface area contributed by atoms with E-state index in [9.17, 15) is 4.79 Å². The van der Waals surface area contributed by atoms with Crippen molar-refractivity contribution in [2.45, 2.75) is 63.6 Å². The Bertz CT molecular complexity index is 874. The molecule has 6 rings (SSSR count). The van der Waals surface area contributed by atoms with Gasteiger partial charge in [0.05, 0.1) is 5.75 Å². The lowest BCUT2D eigenvalue weighted by atomic mass is 9.48. The van der Waals surface area contributed by atoms with Crippen LogP contribution in [0.25, 0.3) is 11.5 Å². The van der Waals surface area contributed by atoms with E-state index < -0.39 is 0 Å². The lowest BCUT2D eigenvalue weighted by molar-refractivity contribution is -0.123. The maximum absolute atomic E-state index is 12.6. The van der Waals surface area contributed by atoms with Gasteiger partial charge in [-0.25, -0.2) is 0 Å². The molecule has 0 saturated heterocycles. The van der Waals surface area contributed by atoms with Gasteiger partial charge < -0.3 is 9.73 Å². The molecule has 1 atom stereocenters. The van der Waals surface area contributed by atoms with Crippen LogP contribution in [-0.4, -0.2) is 27.9 Å². The number of carbonyl (C=O) groups excluding carboxylic acids is 1. The minimum Gasteiger partial charge on any atom is -0.411 e. The molecular formula is C23H29N3O2S. The summed E-state index contributed by atoms with van der Waals surface area (Å²) in [4.78, 5) is 12.6. The molecule has 1 amide bonds. The van der Waals surface area contributed by atoms with E-state index in [1.165, 1.54) is 50.3 Å². The number of rotatable bonds is 6. The lowest BCUT2D eigenvalue weighted by Crippen LogP contribution is -2.56. The minimum atomic E-state index is 0.0635. The quantitative estimate of drug-likeness (QED) is 0.688. The monoisotopic (exact) mass is 411 g/mol. The first kappa shape index (κ1) is 19.2. The SMILES string of the molecule is Cc1cccc(-c2nnc(SCC(=O)N[C@@H](C)C34CC5CC(CC(C5)C3)C4)o2)c1. The van der Waals surface area contributed by atoms with Gasteiger partial charge in [-0.15, -0.1) is 10.2 Å². The highest BCUT2D eigenvalue weighted by Gasteiger charge is 2.53. The van der Waals surface area contributed by atoms with Crippen LogP contribution >= 0.6 is 11.8 Å². The number of amides is 1. The third-order valence-electron chi connectivity index (χ3n) is 7.38. The van der Waals surface area contributed by atoms with Crippen LogP contribution in [0.1, 0.15) is 51.0 Å². The van der Waals surface area contributed by atoms with Crippen LogP contribution in [-0.2, 0) is 4.79 Å². The van der Waals surface area contributed by atoms with Gasteiger partial charge in [0.1, 0.15) is 0 Å². The van der Waals surface area contributed by atoms with Crippen LogP contribution in [0.2, 0.25) is 0 Å². The highest BCUT2D eigenvalue weighted by atomic mass is 32.2. The molecule has 1 aromatic heterocycles. The summed E-state index contributed by atoms with van der Waals surface area (Å²) in [6.07, 6.45) is 8.19. The summed E-state index contributed by atoms with van der Waals surface area (Å²) in [5.74, 6) is 3.56. The zero-order valence-electron chi connectivity index (χ0n) is 17.2. The molecule has 0 unspecified atom stereocenters. The molecule has 4 aliphatic carbocycles. The summed E-state index contributed by atoms with van der Waals surface area (Å²) in [5, 5.41) is 12.0. The molecule has 6 heteroatoms. The number of aromatic nitrogens is 2. The molecule has 1 N–H and O–H groups in total. The predicted molar refractivity (Wildman–Crippen MR) is 113 cm³/mol. The molecule has 1 heterocycles. The second-order valence-electron chi connectivity index (χ2n) is 9.60. The van der Waals surface area contributed by atoms with Crippen LogP contribution in [0.15, 0.2) is 33.9 Å². The second-order valence-corrected chi connectivity index (χ2v) is 10.5. The summed E-state index contributed by atoms with van der Waals surface area (Å²) in [6.45, 7) is 4.25. The third-order valence-corrected chi connectivity index (χ3v) is 8.20. The zero-order valence-corrected chi connectivity index (χ0v) is 18.0. The van der Waals surface area contributed by atoms with Gasteiger partial charge in [0.25, 0.3) is 5.22 Å². The Kier molecular flexibility index (Phi) is 4.93. The number of nitrogens with zero attached hydrogens (tertiary/aromatic N) is 2. The molecule has 0 aliphatic heterocycles. The summed E-state index contributed by atoms with van der Waals surface area (Å²) in [5.41, 5.74) is 2.38. The van der Waals surface area contributed by atoms with Crippen molar-refractivity contribution in [1.29, 1.82) is 0 Å². The Balaban J connectivity index is 1.17. The van der Waals surface area contributed by atoms with Crippen molar-refractivity contribution < 1.29 is 9.21 Å². The van der Waals surface area contributed by atoms with Gasteiger partial charge in [0, 0.05) is 11.6 Å². The number of nitrogens with one attached hydrogen (secondary N) is 1. The molecule has 4 aliphatic rings. The topological polar surface area (TPSA) is 68.0 Å². The van der Waals surface area contributed by atoms with Crippen LogP contribution in [0.5, 0.6) is 0 Å².